The van der Waals surface area contributed by atoms with Crippen LogP contribution in [0.5, 0.6) is 0 Å². The van der Waals surface area contributed by atoms with Gasteiger partial charge >= 0.3 is 6.57 Å². The average molecular weight is 389 g/mol. The zero-order valence-corrected chi connectivity index (χ0v) is 17.1. The molecule has 4 heterocycles. The Hall–Kier alpha value is -2.90. The summed E-state index contributed by atoms with van der Waals surface area (Å²) in [5.74, 6) is 0. The molecular formula is C25H19BN2P+. The van der Waals surface area contributed by atoms with Gasteiger partial charge in [0.15, 0.2) is 12.7 Å². The van der Waals surface area contributed by atoms with Gasteiger partial charge in [0.1, 0.15) is 0 Å². The first-order valence-electron chi connectivity index (χ1n) is 10.2. The summed E-state index contributed by atoms with van der Waals surface area (Å²) in [4.78, 5) is 2.64. The third-order valence-electron chi connectivity index (χ3n) is 6.55. The number of nitrogens with zero attached hydrogens (tertiary/aromatic N) is 2. The van der Waals surface area contributed by atoms with Crippen LogP contribution in [0.3, 0.4) is 0 Å². The summed E-state index contributed by atoms with van der Waals surface area (Å²) in [6.45, 7) is 3.51. The van der Waals surface area contributed by atoms with E-state index in [1.165, 1.54) is 49.8 Å². The van der Waals surface area contributed by atoms with Gasteiger partial charge < -0.3 is 4.81 Å². The van der Waals surface area contributed by atoms with Crippen molar-refractivity contribution >= 4 is 41.8 Å². The fourth-order valence-electron chi connectivity index (χ4n) is 5.35. The Morgan fingerprint density at radius 1 is 0.862 bits per heavy atom. The highest BCUT2D eigenvalue weighted by Gasteiger charge is 2.52. The lowest BCUT2D eigenvalue weighted by molar-refractivity contribution is -0.671. The van der Waals surface area contributed by atoms with E-state index in [9.17, 15) is 0 Å². The normalized spacial score (nSPS) is 17.2. The van der Waals surface area contributed by atoms with Gasteiger partial charge in [0.05, 0.1) is 5.56 Å². The van der Waals surface area contributed by atoms with E-state index in [4.69, 9.17) is 0 Å². The van der Waals surface area contributed by atoms with Gasteiger partial charge in [-0.3, -0.25) is 0 Å². The minimum Gasteiger partial charge on any atom is -0.375 e. The summed E-state index contributed by atoms with van der Waals surface area (Å²) in [7, 11) is -0.514. The molecule has 0 amide bonds. The van der Waals surface area contributed by atoms with Gasteiger partial charge in [0.25, 0.3) is 0 Å². The van der Waals surface area contributed by atoms with Crippen LogP contribution < -0.4 is 25.4 Å². The highest BCUT2D eigenvalue weighted by atomic mass is 31.1. The zero-order valence-electron chi connectivity index (χ0n) is 16.2. The molecule has 3 aliphatic heterocycles. The molecule has 3 aromatic carbocycles. The number of benzene rings is 3. The standard InChI is InChI=1S/C25H19BN2P/c1-17-11-13-19(14-12-17)29-23-10-3-2-8-21(23)28-22-9-4-6-18-16-27-15-5-7-20(26(28)29)25(27)24(18)22/h2-15H,16H2,1H3/q+1. The van der Waals surface area contributed by atoms with Gasteiger partial charge in [-0.25, -0.2) is 0 Å². The molecule has 0 N–H and O–H groups in total. The second-order valence-corrected chi connectivity index (χ2v) is 10.4. The first-order chi connectivity index (χ1) is 14.3. The van der Waals surface area contributed by atoms with Crippen LogP contribution in [-0.4, -0.2) is 6.57 Å². The molecule has 0 aliphatic carbocycles. The molecule has 0 bridgehead atoms. The van der Waals surface area contributed by atoms with Crippen molar-refractivity contribution in [3.8, 4) is 11.3 Å². The Morgan fingerprint density at radius 2 is 1.69 bits per heavy atom. The fourth-order valence-corrected chi connectivity index (χ4v) is 8.29. The van der Waals surface area contributed by atoms with Crippen molar-refractivity contribution in [2.75, 3.05) is 4.81 Å². The lowest BCUT2D eigenvalue weighted by Gasteiger charge is -2.33. The van der Waals surface area contributed by atoms with Crippen LogP contribution in [0.4, 0.5) is 11.4 Å². The molecule has 2 nitrogen and oxygen atoms in total. The van der Waals surface area contributed by atoms with Crippen molar-refractivity contribution in [2.45, 2.75) is 13.5 Å². The van der Waals surface area contributed by atoms with Crippen LogP contribution in [0, 0.1) is 6.92 Å². The maximum Gasteiger partial charge on any atom is 0.339 e. The van der Waals surface area contributed by atoms with Gasteiger partial charge in [0, 0.05) is 28.5 Å². The molecule has 3 aliphatic rings. The second kappa shape index (κ2) is 5.59. The summed E-state index contributed by atoms with van der Waals surface area (Å²) < 4.78 is 2.45. The molecule has 29 heavy (non-hydrogen) atoms. The van der Waals surface area contributed by atoms with E-state index in [-0.39, 0.29) is 0 Å². The number of fused-ring (bicyclic) bond motifs is 5. The molecule has 0 radical (unpaired) electrons. The van der Waals surface area contributed by atoms with Crippen molar-refractivity contribution in [2.24, 2.45) is 0 Å². The van der Waals surface area contributed by atoms with E-state index >= 15 is 0 Å². The number of rotatable bonds is 1. The Labute approximate surface area is 172 Å². The van der Waals surface area contributed by atoms with Gasteiger partial charge in [-0.1, -0.05) is 66.2 Å². The Bertz CT molecular complexity index is 1310. The number of hydrogen-bond donors (Lipinski definition) is 0. The van der Waals surface area contributed by atoms with Crippen molar-refractivity contribution in [1.82, 2.24) is 0 Å². The van der Waals surface area contributed by atoms with Crippen molar-refractivity contribution in [3.63, 3.8) is 0 Å². The molecule has 4 aromatic rings. The van der Waals surface area contributed by atoms with Crippen molar-refractivity contribution in [3.05, 3.63) is 96.2 Å². The SMILES string of the molecule is Cc1ccc(P2B3c4ccc[n+]5c4-c4c(cccc4N3c3ccccc32)C5)cc1. The second-order valence-electron chi connectivity index (χ2n) is 8.19. The Balaban J connectivity index is 1.57. The monoisotopic (exact) mass is 389 g/mol. The van der Waals surface area contributed by atoms with E-state index in [1.807, 2.05) is 0 Å². The summed E-state index contributed by atoms with van der Waals surface area (Å²) in [6.07, 6.45) is 2.24. The topological polar surface area (TPSA) is 7.12 Å². The average Bonchev–Trinajstić information content (AvgIpc) is 3.31. The smallest absolute Gasteiger partial charge is 0.339 e. The van der Waals surface area contributed by atoms with E-state index in [2.05, 4.69) is 101 Å². The van der Waals surface area contributed by atoms with E-state index in [0.717, 1.165) is 6.54 Å². The maximum absolute atomic E-state index is 2.64. The summed E-state index contributed by atoms with van der Waals surface area (Å²) in [5, 5.41) is 2.96. The molecule has 7 rings (SSSR count). The summed E-state index contributed by atoms with van der Waals surface area (Å²) in [6, 6.07) is 29.7. The fraction of sp³-hybridized carbons (Fsp3) is 0.0800. The maximum atomic E-state index is 2.64. The number of aryl methyl sites for hydroxylation is 1. The molecule has 1 aromatic heterocycles. The van der Waals surface area contributed by atoms with Crippen molar-refractivity contribution in [1.29, 1.82) is 0 Å². The van der Waals surface area contributed by atoms with E-state index in [1.54, 1.807) is 0 Å². The molecule has 0 spiro atoms. The first-order valence-corrected chi connectivity index (χ1v) is 11.6. The number of anilines is 2. The van der Waals surface area contributed by atoms with Crippen LogP contribution in [0.15, 0.2) is 85.1 Å². The largest absolute Gasteiger partial charge is 0.375 e. The number of para-hydroxylation sites is 1. The highest BCUT2D eigenvalue weighted by Crippen LogP contribution is 2.55. The van der Waals surface area contributed by atoms with E-state index < -0.39 is 7.80 Å². The van der Waals surface area contributed by atoms with Crippen LogP contribution in [0.2, 0.25) is 0 Å². The lowest BCUT2D eigenvalue weighted by Crippen LogP contribution is -2.51. The minimum absolute atomic E-state index is 0.355. The third kappa shape index (κ3) is 1.99. The van der Waals surface area contributed by atoms with Gasteiger partial charge in [-0.05, 0) is 37.5 Å². The molecular weight excluding hydrogens is 370 g/mol. The molecule has 0 fully saturated rings. The number of aromatic nitrogens is 1. The van der Waals surface area contributed by atoms with E-state index in [0.29, 0.717) is 6.57 Å². The Morgan fingerprint density at radius 3 is 2.59 bits per heavy atom. The van der Waals surface area contributed by atoms with Crippen LogP contribution >= 0.6 is 7.80 Å². The van der Waals surface area contributed by atoms with Crippen LogP contribution in [0.1, 0.15) is 11.1 Å². The lowest BCUT2D eigenvalue weighted by atomic mass is 9.71. The molecule has 0 saturated heterocycles. The molecule has 1 atom stereocenters. The number of hydrogen-bond acceptors (Lipinski definition) is 1. The molecule has 1 unspecified atom stereocenters. The first kappa shape index (κ1) is 16.0. The minimum atomic E-state index is -0.514. The van der Waals surface area contributed by atoms with Crippen LogP contribution in [0.25, 0.3) is 11.3 Å². The molecule has 136 valence electrons. The quantitative estimate of drug-likeness (QED) is 0.241. The molecule has 0 saturated carbocycles. The predicted octanol–water partition coefficient (Wildman–Crippen LogP) is 3.60. The predicted molar refractivity (Wildman–Crippen MR) is 123 cm³/mol. The van der Waals surface area contributed by atoms with Crippen LogP contribution in [-0.2, 0) is 6.54 Å². The molecule has 4 heteroatoms. The summed E-state index contributed by atoms with van der Waals surface area (Å²) >= 11 is 0. The van der Waals surface area contributed by atoms with Crippen molar-refractivity contribution < 1.29 is 4.57 Å². The van der Waals surface area contributed by atoms with Gasteiger partial charge in [-0.15, -0.1) is 0 Å². The number of pyridine rings is 1. The zero-order chi connectivity index (χ0) is 19.1. The third-order valence-corrected chi connectivity index (χ3v) is 9.30. The van der Waals surface area contributed by atoms with Gasteiger partial charge in [0.2, 0.25) is 5.69 Å². The summed E-state index contributed by atoms with van der Waals surface area (Å²) in [5.41, 5.74) is 9.88. The Kier molecular flexibility index (Phi) is 3.07. The highest BCUT2D eigenvalue weighted by molar-refractivity contribution is 8.04. The van der Waals surface area contributed by atoms with Gasteiger partial charge in [-0.2, -0.15) is 4.57 Å².